The number of carbonyl (C=O) groups excluding carboxylic acids is 2. The third kappa shape index (κ3) is 50.2. The Hall–Kier alpha value is -11.1. The maximum atomic E-state index is 11.6. The van der Waals surface area contributed by atoms with Crippen LogP contribution in [0, 0.1) is 35.5 Å². The zero-order chi connectivity index (χ0) is 95.5. The van der Waals surface area contributed by atoms with Gasteiger partial charge in [0.2, 0.25) is 62.0 Å². The second kappa shape index (κ2) is 74.6. The molecule has 0 amide bonds. The van der Waals surface area contributed by atoms with Gasteiger partial charge in [0.25, 0.3) is 10.7 Å². The van der Waals surface area contributed by atoms with Crippen LogP contribution in [0.3, 0.4) is 0 Å². The Bertz CT molecular complexity index is 4380. The molecule has 9 rings (SSSR count). The number of methoxy groups -OCH3 is 2. The number of hydrogen-bond donors (Lipinski definition) is 2. The molecule has 7 aromatic heterocycles. The molecule has 0 radical (unpaired) electrons. The van der Waals surface area contributed by atoms with E-state index in [1.807, 2.05) is 151 Å². The van der Waals surface area contributed by atoms with Crippen molar-refractivity contribution < 1.29 is 95.9 Å². The number of esters is 1. The first-order valence-corrected chi connectivity index (χ1v) is 49.2. The number of unbranched alkanes of at least 4 members (excludes halogenated alkanes) is 6. The van der Waals surface area contributed by atoms with Crippen LogP contribution in [0.2, 0.25) is 0 Å². The lowest BCUT2D eigenvalue weighted by Crippen LogP contribution is -2.49. The van der Waals surface area contributed by atoms with Crippen LogP contribution in [0.25, 0.3) is 11.3 Å². The molecule has 0 aliphatic heterocycles. The van der Waals surface area contributed by atoms with Crippen LogP contribution >= 0.6 is 11.8 Å². The summed E-state index contributed by atoms with van der Waals surface area (Å²) in [5.74, 6) is 4.09. The molecule has 0 aliphatic rings. The van der Waals surface area contributed by atoms with Gasteiger partial charge in [-0.3, -0.25) is 38.7 Å². The van der Waals surface area contributed by atoms with Gasteiger partial charge in [0.1, 0.15) is 5.75 Å². The fourth-order valence-corrected chi connectivity index (χ4v) is 13.7. The summed E-state index contributed by atoms with van der Waals surface area (Å²) in [5.41, 5.74) is 8.85. The van der Waals surface area contributed by atoms with E-state index in [0.717, 1.165) is 122 Å². The topological polar surface area (TPSA) is 231 Å². The molecule has 131 heavy (non-hydrogen) atoms. The number of carboxylic acid groups (broad SMARTS) is 1. The minimum atomic E-state index is -0.975. The Morgan fingerprint density at radius 1 is 0.389 bits per heavy atom. The number of nitrogens with zero attached hydrogens (tertiary/aromatic N) is 10. The number of pyridine rings is 7. The van der Waals surface area contributed by atoms with E-state index in [9.17, 15) is 14.4 Å². The summed E-state index contributed by atoms with van der Waals surface area (Å²) in [5, 5.41) is 22.6. The molecule has 0 saturated heterocycles. The minimum Gasteiger partial charge on any atom is -0.497 e. The molecule has 0 aliphatic carbocycles. The number of ether oxygens (including phenoxy) is 2. The summed E-state index contributed by atoms with van der Waals surface area (Å²) in [6, 6.07) is 51.5. The van der Waals surface area contributed by atoms with Crippen molar-refractivity contribution in [3.05, 3.63) is 248 Å². The molecule has 2 N–H and O–H groups in total. The number of aldehydes is 1. The predicted molar refractivity (Wildman–Crippen MR) is 521 cm³/mol. The fourth-order valence-electron chi connectivity index (χ4n) is 13.0. The van der Waals surface area contributed by atoms with Crippen molar-refractivity contribution in [2.45, 2.75) is 256 Å². The summed E-state index contributed by atoms with van der Waals surface area (Å²) >= 11 is 1.78. The molecule has 9 aromatic rings. The van der Waals surface area contributed by atoms with Crippen LogP contribution < -0.4 is 77.1 Å². The average Bonchev–Trinajstić information content (AvgIpc) is 0.829. The lowest BCUT2D eigenvalue weighted by Gasteiger charge is -2.12. The highest BCUT2D eigenvalue weighted by molar-refractivity contribution is 7.99. The third-order valence-electron chi connectivity index (χ3n) is 21.8. The van der Waals surface area contributed by atoms with E-state index >= 15 is 0 Å². The average molecular weight is 1830 g/mol. The van der Waals surface area contributed by atoms with E-state index in [1.54, 1.807) is 108 Å². The minimum absolute atomic E-state index is 0.155. The van der Waals surface area contributed by atoms with Gasteiger partial charge in [0.15, 0.2) is 52.5 Å². The maximum Gasteiger partial charge on any atom is 0.408 e. The van der Waals surface area contributed by atoms with E-state index in [4.69, 9.17) is 48.4 Å². The fraction of sp³-hybridized carbons (Fsp3) is 0.519. The zero-order valence-corrected chi connectivity index (χ0v) is 83.2. The number of nitrogens with one attached hydrogen (secondary N) is 1. The van der Waals surface area contributed by atoms with Gasteiger partial charge in [0, 0.05) is 142 Å². The van der Waals surface area contributed by atoms with Crippen molar-refractivity contribution in [1.82, 2.24) is 5.43 Å². The number of thioether (sulfide) groups is 1. The normalized spacial score (nSPS) is 12.0. The summed E-state index contributed by atoms with van der Waals surface area (Å²) in [4.78, 5) is 73.1. The number of aromatic carboxylic acids is 1. The Kier molecular flexibility index (Phi) is 64.9. The predicted octanol–water partition coefficient (Wildman–Crippen LogP) is 20.2. The molecular weight excluding hydrogens is 1670 g/mol. The van der Waals surface area contributed by atoms with Crippen LogP contribution in [0.5, 0.6) is 5.75 Å². The van der Waals surface area contributed by atoms with E-state index in [2.05, 4.69) is 135 Å². The van der Waals surface area contributed by atoms with Crippen molar-refractivity contribution in [3.63, 3.8) is 0 Å². The molecule has 24 nitrogen and oxygen atoms in total. The first kappa shape index (κ1) is 114. The first-order chi connectivity index (χ1) is 64.0. The second-order valence-corrected chi connectivity index (χ2v) is 33.1. The molecule has 2 aromatic carbocycles. The molecule has 25 heteroatoms. The molecule has 0 spiro atoms. The molecule has 0 fully saturated rings. The second-order valence-electron chi connectivity index (χ2n) is 31.8. The Labute approximate surface area is 789 Å². The smallest absolute Gasteiger partial charge is 0.408 e. The van der Waals surface area contributed by atoms with E-state index in [1.165, 1.54) is 132 Å². The Morgan fingerprint density at radius 2 is 0.748 bits per heavy atom. The monoisotopic (exact) mass is 1830 g/mol. The highest BCUT2D eigenvalue weighted by atomic mass is 32.2. The van der Waals surface area contributed by atoms with Crippen LogP contribution in [0.15, 0.2) is 246 Å². The van der Waals surface area contributed by atoms with Crippen molar-refractivity contribution >= 4 is 47.6 Å². The van der Waals surface area contributed by atoms with Gasteiger partial charge in [-0.05, 0) is 180 Å². The number of rotatable bonds is 55. The molecule has 6 atom stereocenters. The Balaban J connectivity index is 0.000000397. The van der Waals surface area contributed by atoms with E-state index < -0.39 is 5.97 Å². The number of hydrazone groups is 1. The van der Waals surface area contributed by atoms with E-state index in [0.29, 0.717) is 66.6 Å². The Morgan fingerprint density at radius 3 is 1.13 bits per heavy atom. The summed E-state index contributed by atoms with van der Waals surface area (Å²) in [6.45, 7) is 35.5. The highest BCUT2D eigenvalue weighted by Gasteiger charge is 2.25. The van der Waals surface area contributed by atoms with Gasteiger partial charge in [0.05, 0.1) is 37.4 Å². The number of carboxylic acids is 1. The van der Waals surface area contributed by atoms with Gasteiger partial charge in [-0.2, -0.15) is 15.3 Å². The summed E-state index contributed by atoms with van der Waals surface area (Å²) in [6.07, 6.45) is 49.9. The summed E-state index contributed by atoms with van der Waals surface area (Å²) < 4.78 is 21.7. The molecule has 0 bridgehead atoms. The van der Waals surface area contributed by atoms with Crippen LogP contribution in [0.4, 0.5) is 11.4 Å². The van der Waals surface area contributed by atoms with Crippen molar-refractivity contribution in [3.8, 4) is 17.0 Å². The van der Waals surface area contributed by atoms with Gasteiger partial charge >= 0.3 is 23.3 Å². The SMILES string of the molecule is CCCCC(CC)CO[n+]1ccc(/C=N/NC)cc1.CCCCC(CC)CO[n+]1ccc(C=O)cc1.CCCCC(CC)CO[n+]1ccc(N=Nc2ccccc2)cc1.CCCCC(CC)CO[n+]1ccccc1-c1ccc(OC)cc1.CCCCC(CC)CO[n+]1ccccc1C(=O)O.CCCCC(CC)CO[n+]1ccccc1C(=O)OC.CCO[n+]1ccccc1SCC. The molecule has 718 valence electrons. The standard InChI is InChI=1S/C20H28NO2.C19H26N3O.C15H25N3O.C15H24NO3.C14H21NO3.C14H22NO2.C9H14NOS/c1-4-6-9-17(5-2)16-23-21-15-8-7-10-20(21)18-11-13-19(22-3)14-12-18;1-3-5-9-17(4-2)16-23-22-14-12-19(13-15-22)21-20-18-10-7-6-8-11-18;1-4-6-7-14(5-2)13-19-18-10-8-15(9-11-18)12-17-16-3;1-4-6-9-13(5-2)12-19-16-11-8-7-10-14(16)15(17)18-3;1-3-5-8-12(4-2)11-18-15-10-7-6-9-13(15)14(16)17;1-3-5-6-13(4-2)12-17-15-9-7-14(11-16)8-10-15;1-3-11-10-8-6-5-7-9(10)12-4-2/h7-8,10-15,17H,4-6,9,16H2,1-3H3;6-8,10-15,17H,3-5,9,16H2,1-2H3;8-12,14H,4-7,13H2,1-3H3;7-8,10-11,13H,4-6,9,12H2,1-3H3;6-7,9-10,12H,3-5,8,11H2,1-2H3;7-11,13H,3-6,12H2,1-2H3;5-8H,3-4H2,1-2H3/q2*+1;;+1;;2*+1/p+2. The molecular formula is C106H162N11O13S+7. The first-order valence-electron chi connectivity index (χ1n) is 48.2. The highest BCUT2D eigenvalue weighted by Crippen LogP contribution is 2.22. The summed E-state index contributed by atoms with van der Waals surface area (Å²) in [7, 11) is 4.84. The molecule has 7 heterocycles. The largest absolute Gasteiger partial charge is 0.497 e. The lowest BCUT2D eigenvalue weighted by atomic mass is 10.0. The maximum absolute atomic E-state index is 11.6. The van der Waals surface area contributed by atoms with Crippen LogP contribution in [-0.2, 0) is 4.74 Å². The molecule has 0 saturated carbocycles. The number of benzene rings is 2. The van der Waals surface area contributed by atoms with Gasteiger partial charge < -0.3 is 20.0 Å². The zero-order valence-electron chi connectivity index (χ0n) is 82.3. The van der Waals surface area contributed by atoms with Crippen LogP contribution in [-0.4, -0.2) is 103 Å². The number of aromatic nitrogens is 7. The third-order valence-corrected chi connectivity index (χ3v) is 22.7. The van der Waals surface area contributed by atoms with Gasteiger partial charge in [-0.25, -0.2) is 9.59 Å². The van der Waals surface area contributed by atoms with Gasteiger partial charge in [-0.15, -0.1) is 0 Å². The quantitative estimate of drug-likeness (QED) is 0.00687. The number of carbonyl (C=O) groups is 3. The van der Waals surface area contributed by atoms with Crippen molar-refractivity contribution in [2.24, 2.45) is 50.8 Å². The van der Waals surface area contributed by atoms with Gasteiger partial charge in [-0.1, -0.05) is 197 Å². The molecule has 6 unspecified atom stereocenters. The number of hydrogen-bond acceptors (Lipinski definition) is 17. The lowest BCUT2D eigenvalue weighted by molar-refractivity contribution is -0.918. The van der Waals surface area contributed by atoms with Crippen molar-refractivity contribution in [1.29, 1.82) is 0 Å². The number of azo groups is 1. The van der Waals surface area contributed by atoms with Crippen molar-refractivity contribution in [2.75, 3.05) is 73.3 Å². The van der Waals surface area contributed by atoms with E-state index in [-0.39, 0.29) is 11.7 Å². The van der Waals surface area contributed by atoms with Crippen LogP contribution in [0.1, 0.15) is 288 Å².